The van der Waals surface area contributed by atoms with Gasteiger partial charge in [-0.3, -0.25) is 0 Å². The first-order valence-electron chi connectivity index (χ1n) is 3.55. The summed E-state index contributed by atoms with van der Waals surface area (Å²) >= 11 is 0. The monoisotopic (exact) mass is 242 g/mol. The first-order valence-corrected chi connectivity index (χ1v) is 3.55. The predicted molar refractivity (Wildman–Crippen MR) is 50.6 cm³/mol. The Morgan fingerprint density at radius 3 is 1.75 bits per heavy atom. The summed E-state index contributed by atoms with van der Waals surface area (Å²) in [6.07, 6.45) is 0. The van der Waals surface area contributed by atoms with E-state index in [4.69, 9.17) is 5.11 Å². The van der Waals surface area contributed by atoms with Gasteiger partial charge in [0.1, 0.15) is 5.75 Å². The molecule has 1 rings (SSSR count). The molecule has 0 atom stereocenters. The van der Waals surface area contributed by atoms with Crippen molar-refractivity contribution >= 4 is 0 Å². The fourth-order valence-electron chi connectivity index (χ4n) is 0.563. The van der Waals surface area contributed by atoms with Gasteiger partial charge in [0.25, 0.3) is 0 Å². The summed E-state index contributed by atoms with van der Waals surface area (Å²) < 4.78 is 0. The SMILES string of the molecule is CC.Cc1ccccc1O.[CH3-].[Y]. The van der Waals surface area contributed by atoms with Crippen LogP contribution in [0.1, 0.15) is 19.4 Å². The molecular weight excluding hydrogens is 225 g/mol. The Hall–Kier alpha value is 0.124. The third-order valence-electron chi connectivity index (χ3n) is 1.12. The molecule has 1 nitrogen and oxygen atoms in total. The van der Waals surface area contributed by atoms with Gasteiger partial charge in [-0.05, 0) is 18.6 Å². The second kappa shape index (κ2) is 11.1. The smallest absolute Gasteiger partial charge is 0.118 e. The van der Waals surface area contributed by atoms with Crippen molar-refractivity contribution in [1.82, 2.24) is 0 Å². The first-order chi connectivity index (χ1) is 4.80. The summed E-state index contributed by atoms with van der Waals surface area (Å²) in [5.74, 6) is 0.368. The van der Waals surface area contributed by atoms with Gasteiger partial charge in [0.15, 0.2) is 0 Å². The van der Waals surface area contributed by atoms with E-state index in [0.29, 0.717) is 5.75 Å². The van der Waals surface area contributed by atoms with Crippen LogP contribution in [-0.4, -0.2) is 5.11 Å². The Kier molecular flexibility index (Phi) is 16.7. The molecule has 1 aromatic rings. The summed E-state index contributed by atoms with van der Waals surface area (Å²) in [5.41, 5.74) is 0.924. The van der Waals surface area contributed by atoms with Gasteiger partial charge in [0, 0.05) is 32.7 Å². The first kappa shape index (κ1) is 18.0. The maximum atomic E-state index is 8.92. The van der Waals surface area contributed by atoms with Gasteiger partial charge in [0.2, 0.25) is 0 Å². The zero-order valence-corrected chi connectivity index (χ0v) is 11.2. The molecule has 2 heteroatoms. The largest absolute Gasteiger partial charge is 0.508 e. The summed E-state index contributed by atoms with van der Waals surface area (Å²) in [6, 6.07) is 7.25. The van der Waals surface area contributed by atoms with E-state index in [2.05, 4.69) is 0 Å². The fourth-order valence-corrected chi connectivity index (χ4v) is 0.563. The molecule has 0 spiro atoms. The van der Waals surface area contributed by atoms with Gasteiger partial charge in [-0.25, -0.2) is 0 Å². The second-order valence-electron chi connectivity index (χ2n) is 1.79. The van der Waals surface area contributed by atoms with Crippen molar-refractivity contribution in [2.75, 3.05) is 0 Å². The maximum absolute atomic E-state index is 8.92. The minimum absolute atomic E-state index is 0. The molecule has 0 aliphatic heterocycles. The average Bonchev–Trinajstić information content (AvgIpc) is 2.00. The van der Waals surface area contributed by atoms with Crippen LogP contribution in [0.25, 0.3) is 0 Å². The van der Waals surface area contributed by atoms with Crippen LogP contribution in [0.3, 0.4) is 0 Å². The van der Waals surface area contributed by atoms with Crippen molar-refractivity contribution in [3.8, 4) is 5.75 Å². The molecule has 0 saturated carbocycles. The maximum Gasteiger partial charge on any atom is 0.118 e. The molecule has 0 unspecified atom stereocenters. The normalized spacial score (nSPS) is 6.58. The summed E-state index contributed by atoms with van der Waals surface area (Å²) in [4.78, 5) is 0. The zero-order valence-electron chi connectivity index (χ0n) is 8.33. The van der Waals surface area contributed by atoms with E-state index in [0.717, 1.165) is 5.56 Å². The molecule has 0 amide bonds. The second-order valence-corrected chi connectivity index (χ2v) is 1.79. The van der Waals surface area contributed by atoms with Crippen LogP contribution in [0.15, 0.2) is 24.3 Å². The van der Waals surface area contributed by atoms with Gasteiger partial charge >= 0.3 is 0 Å². The van der Waals surface area contributed by atoms with E-state index in [1.165, 1.54) is 0 Å². The summed E-state index contributed by atoms with van der Waals surface area (Å²) in [7, 11) is 0. The van der Waals surface area contributed by atoms with E-state index in [-0.39, 0.29) is 40.1 Å². The quantitative estimate of drug-likeness (QED) is 0.693. The number of hydrogen-bond donors (Lipinski definition) is 1. The van der Waals surface area contributed by atoms with Crippen LogP contribution in [0.5, 0.6) is 5.75 Å². The molecule has 0 aliphatic carbocycles. The zero-order chi connectivity index (χ0) is 7.98. The number of aryl methyl sites for hydroxylation is 1. The molecule has 0 aromatic heterocycles. The minimum atomic E-state index is 0. The van der Waals surface area contributed by atoms with E-state index >= 15 is 0 Å². The van der Waals surface area contributed by atoms with Crippen molar-refractivity contribution in [3.63, 3.8) is 0 Å². The Morgan fingerprint density at radius 1 is 1.08 bits per heavy atom. The van der Waals surface area contributed by atoms with Crippen molar-refractivity contribution in [2.45, 2.75) is 20.8 Å². The van der Waals surface area contributed by atoms with Crippen LogP contribution in [-0.2, 0) is 32.7 Å². The van der Waals surface area contributed by atoms with Crippen LogP contribution in [0.4, 0.5) is 0 Å². The molecular formula is C10H17OY-. The van der Waals surface area contributed by atoms with E-state index < -0.39 is 0 Å². The molecule has 1 radical (unpaired) electrons. The Balaban J connectivity index is -0.000000189. The summed E-state index contributed by atoms with van der Waals surface area (Å²) in [6.45, 7) is 5.87. The van der Waals surface area contributed by atoms with Crippen LogP contribution < -0.4 is 0 Å². The van der Waals surface area contributed by atoms with Crippen molar-refractivity contribution < 1.29 is 37.8 Å². The average molecular weight is 242 g/mol. The van der Waals surface area contributed by atoms with Gasteiger partial charge < -0.3 is 12.5 Å². The van der Waals surface area contributed by atoms with Crippen LogP contribution >= 0.6 is 0 Å². The molecule has 12 heavy (non-hydrogen) atoms. The Labute approximate surface area is 101 Å². The Morgan fingerprint density at radius 2 is 1.50 bits per heavy atom. The van der Waals surface area contributed by atoms with Gasteiger partial charge in [-0.1, -0.05) is 32.0 Å². The molecule has 0 bridgehead atoms. The number of phenols is 1. The molecule has 0 fully saturated rings. The molecule has 0 aliphatic rings. The molecule has 67 valence electrons. The molecule has 1 aromatic carbocycles. The number of aromatic hydroxyl groups is 1. The molecule has 0 saturated heterocycles. The van der Waals surface area contributed by atoms with E-state index in [1.54, 1.807) is 6.07 Å². The van der Waals surface area contributed by atoms with Gasteiger partial charge in [0.05, 0.1) is 0 Å². The van der Waals surface area contributed by atoms with Crippen LogP contribution in [0.2, 0.25) is 0 Å². The Bertz CT molecular complexity index is 166. The molecule has 0 heterocycles. The van der Waals surface area contributed by atoms with Gasteiger partial charge in [-0.15, -0.1) is 0 Å². The standard InChI is InChI=1S/C7H8O.C2H6.CH3.Y/c1-6-4-2-3-5-7(6)8;1-2;;/h2-5,8H,1H3;1-2H3;1H3;/q;;-1;. The van der Waals surface area contributed by atoms with E-state index in [1.807, 2.05) is 39.0 Å². The van der Waals surface area contributed by atoms with E-state index in [9.17, 15) is 0 Å². The number of hydrogen-bond acceptors (Lipinski definition) is 1. The third-order valence-corrected chi connectivity index (χ3v) is 1.12. The number of rotatable bonds is 0. The summed E-state index contributed by atoms with van der Waals surface area (Å²) in [5, 5.41) is 8.92. The van der Waals surface area contributed by atoms with Crippen molar-refractivity contribution in [3.05, 3.63) is 37.3 Å². The number of phenolic OH excluding ortho intramolecular Hbond substituents is 1. The fraction of sp³-hybridized carbons (Fsp3) is 0.300. The van der Waals surface area contributed by atoms with Crippen molar-refractivity contribution in [2.24, 2.45) is 0 Å². The van der Waals surface area contributed by atoms with Crippen LogP contribution in [0, 0.1) is 14.4 Å². The molecule has 1 N–H and O–H groups in total. The third kappa shape index (κ3) is 6.81. The van der Waals surface area contributed by atoms with Gasteiger partial charge in [-0.2, -0.15) is 0 Å². The minimum Gasteiger partial charge on any atom is -0.508 e. The van der Waals surface area contributed by atoms with Crippen molar-refractivity contribution in [1.29, 1.82) is 0 Å². The topological polar surface area (TPSA) is 20.2 Å². The number of benzene rings is 1. The predicted octanol–water partition coefficient (Wildman–Crippen LogP) is 3.17. The number of para-hydroxylation sites is 1.